The Morgan fingerprint density at radius 1 is 1.09 bits per heavy atom. The number of ether oxygens (including phenoxy) is 2. The minimum absolute atomic E-state index is 0.0149. The zero-order valence-electron chi connectivity index (χ0n) is 12.1. The average Bonchev–Trinajstić information content (AvgIpc) is 2.59. The third-order valence-electron chi connectivity index (χ3n) is 3.33. The molecule has 116 valence electrons. The maximum Gasteiger partial charge on any atom is 0.270 e. The summed E-state index contributed by atoms with van der Waals surface area (Å²) >= 11 is 0. The van der Waals surface area contributed by atoms with Gasteiger partial charge in [-0.25, -0.2) is 0 Å². The molecule has 2 aromatic rings. The first-order valence-electron chi connectivity index (χ1n) is 7.00. The first kappa shape index (κ1) is 14.8. The highest BCUT2D eigenvalue weighted by atomic mass is 16.6. The maximum atomic E-state index is 12.2. The standard InChI is InChI=1S/C17H13NO5/c19-15(6-4-12-2-1-3-14(10-12)18(20)21)13-5-7-16-17(11-13)23-9-8-22-16/h1-7,10-11H,8-9H2. The number of nitro groups is 1. The second-order valence-corrected chi connectivity index (χ2v) is 4.91. The molecule has 1 heterocycles. The molecule has 0 atom stereocenters. The molecule has 0 radical (unpaired) electrons. The molecule has 6 nitrogen and oxygen atoms in total. The fourth-order valence-electron chi connectivity index (χ4n) is 2.21. The summed E-state index contributed by atoms with van der Waals surface area (Å²) in [5.41, 5.74) is 1.04. The normalized spacial score (nSPS) is 13.0. The Kier molecular flexibility index (Phi) is 4.05. The molecule has 6 heteroatoms. The van der Waals surface area contributed by atoms with Crippen LogP contribution in [-0.2, 0) is 0 Å². The molecule has 0 amide bonds. The number of fused-ring (bicyclic) bond motifs is 1. The number of hydrogen-bond donors (Lipinski definition) is 0. The first-order chi connectivity index (χ1) is 11.1. The van der Waals surface area contributed by atoms with Crippen molar-refractivity contribution in [2.75, 3.05) is 13.2 Å². The van der Waals surface area contributed by atoms with E-state index in [0.29, 0.717) is 35.8 Å². The predicted molar refractivity (Wildman–Crippen MR) is 83.9 cm³/mol. The van der Waals surface area contributed by atoms with Crippen molar-refractivity contribution in [1.82, 2.24) is 0 Å². The first-order valence-corrected chi connectivity index (χ1v) is 7.00. The van der Waals surface area contributed by atoms with Gasteiger partial charge in [-0.3, -0.25) is 14.9 Å². The lowest BCUT2D eigenvalue weighted by Gasteiger charge is -2.18. The number of ketones is 1. The SMILES string of the molecule is O=C(C=Cc1cccc([N+](=O)[O-])c1)c1ccc2c(c1)OCCO2. The molecule has 1 aliphatic rings. The van der Waals surface area contributed by atoms with E-state index in [0.717, 1.165) is 0 Å². The van der Waals surface area contributed by atoms with Gasteiger partial charge in [-0.15, -0.1) is 0 Å². The largest absolute Gasteiger partial charge is 0.486 e. The summed E-state index contributed by atoms with van der Waals surface area (Å²) in [6.45, 7) is 0.946. The van der Waals surface area contributed by atoms with Crippen LogP contribution in [0.4, 0.5) is 5.69 Å². The molecule has 0 fully saturated rings. The number of nitro benzene ring substituents is 1. The van der Waals surface area contributed by atoms with Gasteiger partial charge in [0.1, 0.15) is 13.2 Å². The van der Waals surface area contributed by atoms with Crippen LogP contribution in [0.3, 0.4) is 0 Å². The molecule has 0 spiro atoms. The van der Waals surface area contributed by atoms with Crippen molar-refractivity contribution in [2.24, 2.45) is 0 Å². The van der Waals surface area contributed by atoms with Crippen LogP contribution in [0.2, 0.25) is 0 Å². The smallest absolute Gasteiger partial charge is 0.270 e. The van der Waals surface area contributed by atoms with E-state index in [1.54, 1.807) is 36.4 Å². The van der Waals surface area contributed by atoms with Crippen molar-refractivity contribution < 1.29 is 19.2 Å². The van der Waals surface area contributed by atoms with Gasteiger partial charge in [-0.05, 0) is 29.8 Å². The number of rotatable bonds is 4. The molecule has 0 saturated heterocycles. The topological polar surface area (TPSA) is 78.7 Å². The second kappa shape index (κ2) is 6.31. The highest BCUT2D eigenvalue weighted by molar-refractivity contribution is 6.07. The lowest BCUT2D eigenvalue weighted by molar-refractivity contribution is -0.384. The van der Waals surface area contributed by atoms with Crippen molar-refractivity contribution in [2.45, 2.75) is 0 Å². The molecule has 0 bridgehead atoms. The van der Waals surface area contributed by atoms with Crippen LogP contribution in [-0.4, -0.2) is 23.9 Å². The van der Waals surface area contributed by atoms with E-state index in [2.05, 4.69) is 0 Å². The van der Waals surface area contributed by atoms with E-state index in [9.17, 15) is 14.9 Å². The molecule has 23 heavy (non-hydrogen) atoms. The highest BCUT2D eigenvalue weighted by Crippen LogP contribution is 2.31. The monoisotopic (exact) mass is 311 g/mol. The van der Waals surface area contributed by atoms with Crippen LogP contribution in [0.15, 0.2) is 48.5 Å². The lowest BCUT2D eigenvalue weighted by Crippen LogP contribution is -2.15. The fourth-order valence-corrected chi connectivity index (χ4v) is 2.21. The average molecular weight is 311 g/mol. The summed E-state index contributed by atoms with van der Waals surface area (Å²) in [6, 6.07) is 11.1. The Morgan fingerprint density at radius 2 is 1.87 bits per heavy atom. The number of carbonyl (C=O) groups excluding carboxylic acids is 1. The summed E-state index contributed by atoms with van der Waals surface area (Å²) in [5.74, 6) is 0.954. The van der Waals surface area contributed by atoms with Gasteiger partial charge in [0, 0.05) is 17.7 Å². The van der Waals surface area contributed by atoms with Crippen LogP contribution < -0.4 is 9.47 Å². The minimum atomic E-state index is -0.472. The van der Waals surface area contributed by atoms with Crippen molar-refractivity contribution in [3.8, 4) is 11.5 Å². The molecule has 2 aromatic carbocycles. The van der Waals surface area contributed by atoms with Crippen LogP contribution in [0.1, 0.15) is 15.9 Å². The Balaban J connectivity index is 1.78. The second-order valence-electron chi connectivity index (χ2n) is 4.91. The molecular formula is C17H13NO5. The predicted octanol–water partition coefficient (Wildman–Crippen LogP) is 3.26. The van der Waals surface area contributed by atoms with Gasteiger partial charge in [0.15, 0.2) is 17.3 Å². The van der Waals surface area contributed by atoms with Gasteiger partial charge in [-0.2, -0.15) is 0 Å². The van der Waals surface area contributed by atoms with Crippen LogP contribution in [0.5, 0.6) is 11.5 Å². The van der Waals surface area contributed by atoms with Crippen molar-refractivity contribution in [1.29, 1.82) is 0 Å². The summed E-state index contributed by atoms with van der Waals surface area (Å²) in [5, 5.41) is 10.7. The van der Waals surface area contributed by atoms with Crippen molar-refractivity contribution >= 4 is 17.5 Å². The van der Waals surface area contributed by atoms with Gasteiger partial charge in [0.05, 0.1) is 4.92 Å². The summed E-state index contributed by atoms with van der Waals surface area (Å²) < 4.78 is 10.8. The Bertz CT molecular complexity index is 797. The Morgan fingerprint density at radius 3 is 2.65 bits per heavy atom. The summed E-state index contributed by atoms with van der Waals surface area (Å²) in [7, 11) is 0. The van der Waals surface area contributed by atoms with Crippen LogP contribution in [0, 0.1) is 10.1 Å². The quantitative estimate of drug-likeness (QED) is 0.375. The van der Waals surface area contributed by atoms with Crippen LogP contribution in [0.25, 0.3) is 6.08 Å². The Hall–Kier alpha value is -3.15. The maximum absolute atomic E-state index is 12.2. The van der Waals surface area contributed by atoms with Gasteiger partial charge >= 0.3 is 0 Å². The molecule has 0 aliphatic carbocycles. The van der Waals surface area contributed by atoms with E-state index >= 15 is 0 Å². The lowest BCUT2D eigenvalue weighted by atomic mass is 10.1. The molecular weight excluding hydrogens is 298 g/mol. The van der Waals surface area contributed by atoms with E-state index in [1.807, 2.05) is 0 Å². The number of carbonyl (C=O) groups is 1. The molecule has 0 aromatic heterocycles. The van der Waals surface area contributed by atoms with Gasteiger partial charge in [0.2, 0.25) is 0 Å². The zero-order chi connectivity index (χ0) is 16.2. The van der Waals surface area contributed by atoms with Crippen LogP contribution >= 0.6 is 0 Å². The number of allylic oxidation sites excluding steroid dienone is 1. The van der Waals surface area contributed by atoms with Gasteiger partial charge in [0.25, 0.3) is 5.69 Å². The fraction of sp³-hybridized carbons (Fsp3) is 0.118. The third kappa shape index (κ3) is 3.37. The van der Waals surface area contributed by atoms with Gasteiger partial charge in [-0.1, -0.05) is 18.2 Å². The molecule has 1 aliphatic heterocycles. The molecule has 0 N–H and O–H groups in total. The summed E-state index contributed by atoms with van der Waals surface area (Å²) in [6.07, 6.45) is 2.93. The number of nitrogens with zero attached hydrogens (tertiary/aromatic N) is 1. The van der Waals surface area contributed by atoms with Crippen molar-refractivity contribution in [3.05, 3.63) is 69.8 Å². The van der Waals surface area contributed by atoms with E-state index in [-0.39, 0.29) is 11.5 Å². The van der Waals surface area contributed by atoms with E-state index in [4.69, 9.17) is 9.47 Å². The minimum Gasteiger partial charge on any atom is -0.486 e. The Labute approximate surface area is 132 Å². The van der Waals surface area contributed by atoms with Crippen molar-refractivity contribution in [3.63, 3.8) is 0 Å². The van der Waals surface area contributed by atoms with E-state index in [1.165, 1.54) is 18.2 Å². The number of non-ortho nitro benzene ring substituents is 1. The molecule has 0 unspecified atom stereocenters. The highest BCUT2D eigenvalue weighted by Gasteiger charge is 2.13. The molecule has 0 saturated carbocycles. The zero-order valence-corrected chi connectivity index (χ0v) is 12.1. The van der Waals surface area contributed by atoms with Gasteiger partial charge < -0.3 is 9.47 Å². The van der Waals surface area contributed by atoms with E-state index < -0.39 is 4.92 Å². The third-order valence-corrected chi connectivity index (χ3v) is 3.33. The molecule has 3 rings (SSSR count). The number of benzene rings is 2. The summed E-state index contributed by atoms with van der Waals surface area (Å²) in [4.78, 5) is 22.5. The number of hydrogen-bond acceptors (Lipinski definition) is 5.